The topological polar surface area (TPSA) is 81.1 Å². The number of aromatic nitrogens is 2. The highest BCUT2D eigenvalue weighted by atomic mass is 32.2. The van der Waals surface area contributed by atoms with Gasteiger partial charge in [0.15, 0.2) is 0 Å². The van der Waals surface area contributed by atoms with Gasteiger partial charge in [0.2, 0.25) is 10.0 Å². The van der Waals surface area contributed by atoms with E-state index in [0.717, 1.165) is 10.8 Å². The quantitative estimate of drug-likeness (QED) is 0.517. The van der Waals surface area contributed by atoms with Crippen LogP contribution in [0.25, 0.3) is 22.0 Å². The molecule has 0 bridgehead atoms. The van der Waals surface area contributed by atoms with Crippen molar-refractivity contribution in [3.05, 3.63) is 95.0 Å². The minimum absolute atomic E-state index is 0.00502. The molecule has 0 aliphatic heterocycles. The normalized spacial score (nSPS) is 11.6. The lowest BCUT2D eigenvalue weighted by molar-refractivity contribution is 0.549. The number of hydrogen-bond donors (Lipinski definition) is 1. The minimum Gasteiger partial charge on any atom is -0.268 e. The Hall–Kier alpha value is -3.36. The largest absolute Gasteiger partial charge is 0.268 e. The molecule has 0 fully saturated rings. The molecule has 1 aromatic heterocycles. The molecular weight excluding hydrogens is 405 g/mol. The number of nitrogens with zero attached hydrogens (tertiary/aromatic N) is 2. The summed E-state index contributed by atoms with van der Waals surface area (Å²) in [4.78, 5) is 12.2. The highest BCUT2D eigenvalue weighted by Gasteiger charge is 2.14. The van der Waals surface area contributed by atoms with E-state index >= 15 is 0 Å². The third-order valence-corrected chi connectivity index (χ3v) is 6.11. The van der Waals surface area contributed by atoms with Crippen molar-refractivity contribution in [1.29, 1.82) is 0 Å². The number of hydrogen-bond acceptors (Lipinski definition) is 4. The Bertz CT molecular complexity index is 1370. The summed E-state index contributed by atoms with van der Waals surface area (Å²) < 4.78 is 42.0. The van der Waals surface area contributed by atoms with Crippen LogP contribution < -0.4 is 10.3 Å². The van der Waals surface area contributed by atoms with E-state index in [1.165, 1.54) is 22.9 Å². The van der Waals surface area contributed by atoms with Crippen LogP contribution in [0, 0.1) is 5.82 Å². The molecule has 0 amide bonds. The molecule has 0 aliphatic rings. The number of sulfonamides is 1. The molecule has 152 valence electrons. The predicted octanol–water partition coefficient (Wildman–Crippen LogP) is 3.18. The van der Waals surface area contributed by atoms with Crippen molar-refractivity contribution in [2.75, 3.05) is 6.54 Å². The molecule has 0 radical (unpaired) electrons. The number of rotatable bonds is 6. The second-order valence-electron chi connectivity index (χ2n) is 6.69. The van der Waals surface area contributed by atoms with E-state index < -0.39 is 10.0 Å². The average molecular weight is 423 g/mol. The van der Waals surface area contributed by atoms with Gasteiger partial charge in [0.05, 0.1) is 17.1 Å². The molecule has 0 unspecified atom stereocenters. The molecule has 1 N–H and O–H groups in total. The molecule has 6 nitrogen and oxygen atoms in total. The molecule has 4 rings (SSSR count). The van der Waals surface area contributed by atoms with Gasteiger partial charge in [-0.3, -0.25) is 4.79 Å². The first kappa shape index (κ1) is 19.9. The van der Waals surface area contributed by atoms with Crippen molar-refractivity contribution in [2.45, 2.75) is 11.4 Å². The highest BCUT2D eigenvalue weighted by molar-refractivity contribution is 7.89. The maximum atomic E-state index is 13.1. The van der Waals surface area contributed by atoms with E-state index in [0.29, 0.717) is 11.3 Å². The lowest BCUT2D eigenvalue weighted by Gasteiger charge is -2.10. The highest BCUT2D eigenvalue weighted by Crippen LogP contribution is 2.19. The summed E-state index contributed by atoms with van der Waals surface area (Å²) in [5.41, 5.74) is 0.791. The van der Waals surface area contributed by atoms with Crippen molar-refractivity contribution in [2.24, 2.45) is 0 Å². The van der Waals surface area contributed by atoms with Gasteiger partial charge in [-0.1, -0.05) is 30.3 Å². The summed E-state index contributed by atoms with van der Waals surface area (Å²) >= 11 is 0. The number of nitrogens with one attached hydrogen (secondary N) is 1. The van der Waals surface area contributed by atoms with Crippen LogP contribution in [0.1, 0.15) is 0 Å². The zero-order valence-corrected chi connectivity index (χ0v) is 16.6. The van der Waals surface area contributed by atoms with Gasteiger partial charge in [-0.2, -0.15) is 5.10 Å². The third-order valence-electron chi connectivity index (χ3n) is 4.65. The maximum absolute atomic E-state index is 13.1. The van der Waals surface area contributed by atoms with Crippen LogP contribution in [0.15, 0.2) is 88.6 Å². The molecule has 30 heavy (non-hydrogen) atoms. The molecule has 0 saturated heterocycles. The molecular formula is C22H18FN3O3S. The Morgan fingerprint density at radius 3 is 2.40 bits per heavy atom. The third kappa shape index (κ3) is 4.29. The fraction of sp³-hybridized carbons (Fsp3) is 0.0909. The van der Waals surface area contributed by atoms with Crippen molar-refractivity contribution in [3.63, 3.8) is 0 Å². The van der Waals surface area contributed by atoms with Crippen molar-refractivity contribution in [3.8, 4) is 11.3 Å². The summed E-state index contributed by atoms with van der Waals surface area (Å²) in [6.07, 6.45) is 0. The summed E-state index contributed by atoms with van der Waals surface area (Å²) in [6.45, 7) is 0.0512. The lowest BCUT2D eigenvalue weighted by atomic mass is 10.1. The predicted molar refractivity (Wildman–Crippen MR) is 113 cm³/mol. The second kappa shape index (κ2) is 8.17. The summed E-state index contributed by atoms with van der Waals surface area (Å²) in [5, 5.41) is 6.03. The zero-order chi connectivity index (χ0) is 21.1. The monoisotopic (exact) mass is 423 g/mol. The summed E-state index contributed by atoms with van der Waals surface area (Å²) in [6, 6.07) is 21.0. The number of benzene rings is 3. The molecule has 4 aromatic rings. The molecule has 0 aliphatic carbocycles. The van der Waals surface area contributed by atoms with Crippen molar-refractivity contribution < 1.29 is 12.8 Å². The van der Waals surface area contributed by atoms with E-state index in [1.54, 1.807) is 36.4 Å². The first-order valence-corrected chi connectivity index (χ1v) is 10.7. The Morgan fingerprint density at radius 2 is 1.63 bits per heavy atom. The number of halogens is 1. The van der Waals surface area contributed by atoms with Gasteiger partial charge in [0.25, 0.3) is 5.56 Å². The van der Waals surface area contributed by atoms with Crippen LogP contribution in [0.3, 0.4) is 0 Å². The second-order valence-corrected chi connectivity index (χ2v) is 8.46. The van der Waals surface area contributed by atoms with Crippen LogP contribution in [-0.4, -0.2) is 24.7 Å². The zero-order valence-electron chi connectivity index (χ0n) is 15.8. The molecule has 3 aromatic carbocycles. The van der Waals surface area contributed by atoms with Crippen LogP contribution >= 0.6 is 0 Å². The van der Waals surface area contributed by atoms with Crippen LogP contribution in [0.4, 0.5) is 4.39 Å². The van der Waals surface area contributed by atoms with E-state index in [-0.39, 0.29) is 29.4 Å². The van der Waals surface area contributed by atoms with Gasteiger partial charge in [-0.25, -0.2) is 22.2 Å². The Balaban J connectivity index is 1.49. The fourth-order valence-corrected chi connectivity index (χ4v) is 4.14. The Labute approximate surface area is 172 Å². The van der Waals surface area contributed by atoms with Gasteiger partial charge in [-0.15, -0.1) is 0 Å². The van der Waals surface area contributed by atoms with E-state index in [1.807, 2.05) is 24.3 Å². The van der Waals surface area contributed by atoms with Crippen molar-refractivity contribution in [1.82, 2.24) is 14.5 Å². The fourth-order valence-electron chi connectivity index (χ4n) is 3.09. The van der Waals surface area contributed by atoms with E-state index in [2.05, 4.69) is 9.82 Å². The lowest BCUT2D eigenvalue weighted by Crippen LogP contribution is -2.32. The number of fused-ring (bicyclic) bond motifs is 1. The van der Waals surface area contributed by atoms with Crippen molar-refractivity contribution >= 4 is 20.8 Å². The minimum atomic E-state index is -3.74. The van der Waals surface area contributed by atoms with Gasteiger partial charge in [0.1, 0.15) is 5.82 Å². The maximum Gasteiger partial charge on any atom is 0.266 e. The first-order chi connectivity index (χ1) is 14.4. The van der Waals surface area contributed by atoms with Crippen LogP contribution in [0.5, 0.6) is 0 Å². The summed E-state index contributed by atoms with van der Waals surface area (Å²) in [5.74, 6) is -0.366. The van der Waals surface area contributed by atoms with Crippen LogP contribution in [-0.2, 0) is 16.6 Å². The first-order valence-electron chi connectivity index (χ1n) is 9.25. The van der Waals surface area contributed by atoms with Gasteiger partial charge in [-0.05, 0) is 53.2 Å². The van der Waals surface area contributed by atoms with E-state index in [4.69, 9.17) is 0 Å². The van der Waals surface area contributed by atoms with Gasteiger partial charge in [0, 0.05) is 18.2 Å². The summed E-state index contributed by atoms with van der Waals surface area (Å²) in [7, 11) is -3.74. The molecule has 0 saturated carbocycles. The van der Waals surface area contributed by atoms with Gasteiger partial charge < -0.3 is 0 Å². The smallest absolute Gasteiger partial charge is 0.266 e. The standard InChI is InChI=1S/C22H18FN3O3S/c23-19-8-5-17(6-9-19)21-11-12-22(27)26(25-21)14-13-24-30(28,29)20-10-7-16-3-1-2-4-18(16)15-20/h1-12,15,24H,13-14H2. The molecule has 1 heterocycles. The SMILES string of the molecule is O=c1ccc(-c2ccc(F)cc2)nn1CCNS(=O)(=O)c1ccc2ccccc2c1. The van der Waals surface area contributed by atoms with Crippen LogP contribution in [0.2, 0.25) is 0 Å². The Kier molecular flexibility index (Phi) is 5.43. The molecule has 8 heteroatoms. The molecule has 0 spiro atoms. The average Bonchev–Trinajstić information content (AvgIpc) is 2.75. The van der Waals surface area contributed by atoms with Gasteiger partial charge >= 0.3 is 0 Å². The molecule has 0 atom stereocenters. The van der Waals surface area contributed by atoms with E-state index in [9.17, 15) is 17.6 Å². The Morgan fingerprint density at radius 1 is 0.900 bits per heavy atom.